The van der Waals surface area contributed by atoms with Gasteiger partial charge in [-0.15, -0.1) is 22.0 Å². The molecule has 20 nitrogen and oxygen atoms in total. The second-order valence-electron chi connectivity index (χ2n) is 10.00. The number of aromatic amines is 1. The van der Waals surface area contributed by atoms with Gasteiger partial charge in [-0.25, -0.2) is 23.2 Å². The van der Waals surface area contributed by atoms with Crippen molar-refractivity contribution in [1.29, 1.82) is 0 Å². The number of anilines is 2. The predicted molar refractivity (Wildman–Crippen MR) is 160 cm³/mol. The summed E-state index contributed by atoms with van der Waals surface area (Å²) < 4.78 is 73.0. The number of thiol groups is 2. The van der Waals surface area contributed by atoms with Gasteiger partial charge in [0, 0.05) is 6.20 Å². The van der Waals surface area contributed by atoms with Crippen LogP contribution in [0.3, 0.4) is 0 Å². The summed E-state index contributed by atoms with van der Waals surface area (Å²) in [6, 6.07) is 1.49. The summed E-state index contributed by atoms with van der Waals surface area (Å²) in [5, 5.41) is 24.8. The van der Waals surface area contributed by atoms with Crippen LogP contribution < -0.4 is 17.0 Å². The topological polar surface area (TPSA) is 273 Å². The molecule has 0 radical (unpaired) electrons. The molecule has 0 aromatic carbocycles. The SMILES string of the molecule is Nc1nc2c(nnn2[C@@H]2S[C@@H]3COP(=O)(S)O[C@H]4[C@H](F)[C@@H](n5nnc6c(N)ccnc65)O[C@@H]4COP(=O)(S)O[C@@H]2[C@@H]3O)c(=O)[nH]1. The van der Waals surface area contributed by atoms with Crippen molar-refractivity contribution in [2.45, 2.75) is 47.4 Å². The van der Waals surface area contributed by atoms with Gasteiger partial charge in [-0.1, -0.05) is 34.9 Å². The molecule has 3 fully saturated rings. The van der Waals surface area contributed by atoms with E-state index in [9.17, 15) is 19.0 Å². The number of aliphatic hydroxyl groups excluding tert-OH is 1. The lowest BCUT2D eigenvalue weighted by molar-refractivity contribution is -0.0482. The number of aliphatic hydroxyl groups is 1. The number of pyridine rings is 1. The monoisotopic (exact) mass is 725 g/mol. The quantitative estimate of drug-likeness (QED) is 0.122. The number of nitrogens with one attached hydrogen (secondary N) is 1. The molecule has 2 unspecified atom stereocenters. The Kier molecular flexibility index (Phi) is 7.92. The van der Waals surface area contributed by atoms with Crippen molar-refractivity contribution >= 4 is 83.8 Å². The van der Waals surface area contributed by atoms with Crippen LogP contribution in [0.1, 0.15) is 11.6 Å². The molecule has 7 rings (SSSR count). The molecule has 0 spiro atoms. The van der Waals surface area contributed by atoms with Gasteiger partial charge in [0.2, 0.25) is 5.95 Å². The van der Waals surface area contributed by atoms with E-state index < -0.39 is 79.8 Å². The van der Waals surface area contributed by atoms with E-state index in [1.165, 1.54) is 12.3 Å². The number of ether oxygens (including phenoxy) is 1. The smallest absolute Gasteiger partial charge is 0.386 e. The molecule has 242 valence electrons. The average molecular weight is 726 g/mol. The van der Waals surface area contributed by atoms with Crippen LogP contribution in [0.5, 0.6) is 0 Å². The molecular weight excluding hydrogens is 703 g/mol. The lowest BCUT2D eigenvalue weighted by atomic mass is 10.1. The van der Waals surface area contributed by atoms with Gasteiger partial charge in [0.05, 0.1) is 30.3 Å². The standard InChI is InChI=1S/C19H22FN11O9P2S3/c20-8-12-6(38-17(8)30-14-9(26-28-30)5(21)1-2-23-14)3-36-41(34,43)40-13-11(32)7(4-37-42(35,44)39-12)45-18(13)31-15-10(27-29-31)16(33)25-19(22)24-15/h1-2,6-8,11-13,17-18,32H,3-4H2,(H2,21,23)(H,34,43)(H,35,44)(H3,22,24,25,33)/t6-,7-,8+,11-,12-,13-,17+,18-,41?,42?/m1/s1. The second-order valence-corrected chi connectivity index (χ2v) is 17.1. The number of fused-ring (bicyclic) bond motifs is 5. The van der Waals surface area contributed by atoms with E-state index in [0.717, 1.165) is 21.1 Å². The van der Waals surface area contributed by atoms with Crippen LogP contribution in [0.15, 0.2) is 17.1 Å². The normalized spacial score (nSPS) is 37.7. The first-order valence-electron chi connectivity index (χ1n) is 12.8. The highest BCUT2D eigenvalue weighted by molar-refractivity contribution is 8.44. The highest BCUT2D eigenvalue weighted by atomic mass is 32.7. The van der Waals surface area contributed by atoms with Crippen molar-refractivity contribution in [1.82, 2.24) is 44.9 Å². The summed E-state index contributed by atoms with van der Waals surface area (Å²) in [7, 11) is 0. The van der Waals surface area contributed by atoms with Crippen molar-refractivity contribution in [3.05, 3.63) is 22.6 Å². The van der Waals surface area contributed by atoms with E-state index in [0.29, 0.717) is 0 Å². The van der Waals surface area contributed by atoms with Crippen LogP contribution in [0.4, 0.5) is 16.0 Å². The summed E-state index contributed by atoms with van der Waals surface area (Å²) >= 11 is 9.05. The Morgan fingerprint density at radius 1 is 1.04 bits per heavy atom. The number of nitrogen functional groups attached to an aromatic ring is 2. The maximum atomic E-state index is 16.0. The summed E-state index contributed by atoms with van der Waals surface area (Å²) in [5.41, 5.74) is 11.2. The van der Waals surface area contributed by atoms with Crippen molar-refractivity contribution < 1.29 is 41.5 Å². The van der Waals surface area contributed by atoms with Crippen molar-refractivity contribution in [3.63, 3.8) is 0 Å². The third kappa shape index (κ3) is 5.64. The molecule has 3 saturated heterocycles. The molecule has 26 heteroatoms. The van der Waals surface area contributed by atoms with E-state index >= 15 is 4.39 Å². The molecule has 4 aromatic heterocycles. The van der Waals surface area contributed by atoms with Crippen molar-refractivity contribution in [3.8, 4) is 0 Å². The second kappa shape index (κ2) is 11.4. The van der Waals surface area contributed by atoms with Gasteiger partial charge >= 0.3 is 13.6 Å². The minimum atomic E-state index is -4.39. The van der Waals surface area contributed by atoms with Gasteiger partial charge in [0.1, 0.15) is 23.7 Å². The maximum absolute atomic E-state index is 16.0. The fourth-order valence-corrected chi connectivity index (χ4v) is 9.68. The van der Waals surface area contributed by atoms with E-state index in [2.05, 4.69) is 60.1 Å². The average Bonchev–Trinajstić information content (AvgIpc) is 3.72. The molecule has 6 N–H and O–H groups in total. The van der Waals surface area contributed by atoms with Crippen LogP contribution in [0.25, 0.3) is 22.3 Å². The number of rotatable bonds is 2. The van der Waals surface area contributed by atoms with Gasteiger partial charge in [-0.05, 0) is 6.07 Å². The zero-order chi connectivity index (χ0) is 31.8. The Morgan fingerprint density at radius 3 is 2.51 bits per heavy atom. The van der Waals surface area contributed by atoms with Gasteiger partial charge < -0.3 is 21.3 Å². The molecule has 7 heterocycles. The summed E-state index contributed by atoms with van der Waals surface area (Å²) in [6.07, 6.45) is -8.10. The number of halogens is 1. The minimum absolute atomic E-state index is 0.0607. The first-order valence-corrected chi connectivity index (χ1v) is 19.2. The first kappa shape index (κ1) is 31.2. The van der Waals surface area contributed by atoms with E-state index in [1.54, 1.807) is 0 Å². The number of hydrogen-bond donors (Lipinski definition) is 6. The Morgan fingerprint density at radius 2 is 1.73 bits per heavy atom. The third-order valence-corrected chi connectivity index (χ3v) is 11.9. The van der Waals surface area contributed by atoms with Crippen molar-refractivity contribution in [2.24, 2.45) is 0 Å². The van der Waals surface area contributed by atoms with Crippen LogP contribution in [-0.4, -0.2) is 99.1 Å². The molecule has 2 bridgehead atoms. The van der Waals surface area contributed by atoms with E-state index in [4.69, 9.17) is 34.3 Å². The zero-order valence-electron chi connectivity index (χ0n) is 22.2. The molecule has 4 aromatic rings. The molecule has 0 amide bonds. The van der Waals surface area contributed by atoms with E-state index in [-0.39, 0.29) is 34.0 Å². The Balaban J connectivity index is 1.21. The zero-order valence-corrected chi connectivity index (χ0v) is 26.6. The fraction of sp³-hybridized carbons (Fsp3) is 0.526. The maximum Gasteiger partial charge on any atom is 0.386 e. The van der Waals surface area contributed by atoms with Gasteiger partial charge in [0.25, 0.3) is 5.56 Å². The van der Waals surface area contributed by atoms with Gasteiger partial charge in [0.15, 0.2) is 34.7 Å². The van der Waals surface area contributed by atoms with Crippen LogP contribution in [-0.2, 0) is 32.0 Å². The highest BCUT2D eigenvalue weighted by Gasteiger charge is 2.54. The molecule has 0 saturated carbocycles. The number of thioether (sulfide) groups is 1. The first-order chi connectivity index (χ1) is 21.3. The molecule has 10 atom stereocenters. The molecule has 45 heavy (non-hydrogen) atoms. The fourth-order valence-electron chi connectivity index (χ4n) is 5.08. The molecule has 0 aliphatic carbocycles. The number of nitrogens with two attached hydrogens (primary N) is 2. The Labute approximate surface area is 264 Å². The number of alkyl halides is 1. The van der Waals surface area contributed by atoms with Crippen LogP contribution in [0, 0.1) is 0 Å². The van der Waals surface area contributed by atoms with Crippen LogP contribution >= 0.6 is 49.9 Å². The summed E-state index contributed by atoms with van der Waals surface area (Å²) in [5.74, 6) is -0.232. The predicted octanol–water partition coefficient (Wildman–Crippen LogP) is 0.622. The molecular formula is C19H22FN11O9P2S3. The highest BCUT2D eigenvalue weighted by Crippen LogP contribution is 2.61. The number of H-pyrrole nitrogens is 1. The Bertz CT molecular complexity index is 1950. The lowest BCUT2D eigenvalue weighted by Gasteiger charge is -2.26. The molecule has 3 aliphatic rings. The summed E-state index contributed by atoms with van der Waals surface area (Å²) in [4.78, 5) is 22.8. The summed E-state index contributed by atoms with van der Waals surface area (Å²) in [6.45, 7) is -9.89. The van der Waals surface area contributed by atoms with Gasteiger partial charge in [-0.2, -0.15) is 9.67 Å². The van der Waals surface area contributed by atoms with E-state index in [1.807, 2.05) is 0 Å². The third-order valence-electron chi connectivity index (χ3n) is 7.12. The number of nitrogens with zero attached hydrogens (tertiary/aromatic N) is 8. The largest absolute Gasteiger partial charge is 0.397 e. The number of aromatic nitrogens is 9. The number of hydrogen-bond acceptors (Lipinski definition) is 18. The van der Waals surface area contributed by atoms with Gasteiger partial charge in [-0.3, -0.25) is 27.9 Å². The lowest BCUT2D eigenvalue weighted by Crippen LogP contribution is -2.35. The minimum Gasteiger partial charge on any atom is -0.397 e. The van der Waals surface area contributed by atoms with Crippen LogP contribution in [0.2, 0.25) is 0 Å². The Hall–Kier alpha value is -2.37. The van der Waals surface area contributed by atoms with Crippen molar-refractivity contribution in [2.75, 3.05) is 24.7 Å². The molecule has 3 aliphatic heterocycles.